The van der Waals surface area contributed by atoms with Crippen LogP contribution in [0.4, 0.5) is 5.69 Å². The van der Waals surface area contributed by atoms with Gasteiger partial charge in [0.2, 0.25) is 0 Å². The van der Waals surface area contributed by atoms with Gasteiger partial charge in [-0.3, -0.25) is 15.0 Å². The molecule has 2 amide bonds. The number of amides is 2. The molecule has 1 aliphatic rings. The van der Waals surface area contributed by atoms with Crippen molar-refractivity contribution in [2.24, 2.45) is 0 Å². The molecule has 2 rings (SSSR count). The van der Waals surface area contributed by atoms with Crippen molar-refractivity contribution in [1.82, 2.24) is 5.43 Å². The van der Waals surface area contributed by atoms with Gasteiger partial charge in [0.15, 0.2) is 0 Å². The minimum absolute atomic E-state index is 0.0319. The molecule has 0 aromatic heterocycles. The molecule has 15 heavy (non-hydrogen) atoms. The lowest BCUT2D eigenvalue weighted by Gasteiger charge is -2.14. The van der Waals surface area contributed by atoms with Crippen molar-refractivity contribution in [3.05, 3.63) is 42.0 Å². The van der Waals surface area contributed by atoms with E-state index in [9.17, 15) is 9.59 Å². The van der Waals surface area contributed by atoms with Gasteiger partial charge in [0.1, 0.15) is 5.57 Å². The van der Waals surface area contributed by atoms with Gasteiger partial charge in [0.25, 0.3) is 11.8 Å². The third-order valence-electron chi connectivity index (χ3n) is 2.24. The van der Waals surface area contributed by atoms with Crippen LogP contribution in [0.5, 0.6) is 0 Å². The van der Waals surface area contributed by atoms with E-state index in [1.54, 1.807) is 12.1 Å². The van der Waals surface area contributed by atoms with Crippen LogP contribution in [0.1, 0.15) is 5.56 Å². The van der Waals surface area contributed by atoms with Crippen LogP contribution >= 0.6 is 0 Å². The van der Waals surface area contributed by atoms with Crippen molar-refractivity contribution in [3.8, 4) is 0 Å². The Bertz CT molecular complexity index is 448. The van der Waals surface area contributed by atoms with Gasteiger partial charge in [-0.15, -0.1) is 0 Å². The minimum Gasteiger partial charge on any atom is -0.267 e. The van der Waals surface area contributed by atoms with E-state index >= 15 is 0 Å². The Morgan fingerprint density at radius 2 is 1.80 bits per heavy atom. The maximum absolute atomic E-state index is 11.5. The lowest BCUT2D eigenvalue weighted by molar-refractivity contribution is -0.117. The van der Waals surface area contributed by atoms with Gasteiger partial charge >= 0.3 is 0 Å². The lowest BCUT2D eigenvalue weighted by Crippen LogP contribution is -2.35. The fraction of sp³-hybridized carbons (Fsp3) is 0.0909. The second-order valence-electron chi connectivity index (χ2n) is 3.40. The first-order valence-corrected chi connectivity index (χ1v) is 4.50. The molecule has 1 saturated heterocycles. The molecule has 1 aromatic rings. The minimum atomic E-state index is -0.444. The monoisotopic (exact) mass is 202 g/mol. The van der Waals surface area contributed by atoms with Crippen LogP contribution in [0.2, 0.25) is 0 Å². The summed E-state index contributed by atoms with van der Waals surface area (Å²) in [6.45, 7) is 5.36. The molecule has 0 unspecified atom stereocenters. The summed E-state index contributed by atoms with van der Waals surface area (Å²) < 4.78 is 0. The van der Waals surface area contributed by atoms with E-state index in [1.807, 2.05) is 19.1 Å². The first-order valence-electron chi connectivity index (χ1n) is 4.50. The molecule has 0 bridgehead atoms. The van der Waals surface area contributed by atoms with Crippen LogP contribution in [0, 0.1) is 6.92 Å². The van der Waals surface area contributed by atoms with Crippen LogP contribution < -0.4 is 10.4 Å². The number of benzene rings is 1. The summed E-state index contributed by atoms with van der Waals surface area (Å²) in [6.07, 6.45) is 0. The van der Waals surface area contributed by atoms with E-state index in [-0.39, 0.29) is 5.57 Å². The van der Waals surface area contributed by atoms with Crippen molar-refractivity contribution in [2.75, 3.05) is 5.01 Å². The molecule has 1 heterocycles. The number of nitrogens with zero attached hydrogens (tertiary/aromatic N) is 1. The fourth-order valence-electron chi connectivity index (χ4n) is 1.33. The lowest BCUT2D eigenvalue weighted by atomic mass is 10.2. The summed E-state index contributed by atoms with van der Waals surface area (Å²) in [7, 11) is 0. The number of hydrogen-bond acceptors (Lipinski definition) is 2. The summed E-state index contributed by atoms with van der Waals surface area (Å²) in [5.74, 6) is -0.843. The Balaban J connectivity index is 2.33. The molecule has 0 saturated carbocycles. The fourth-order valence-corrected chi connectivity index (χ4v) is 1.33. The Hall–Kier alpha value is -2.10. The van der Waals surface area contributed by atoms with Crippen molar-refractivity contribution in [2.45, 2.75) is 6.92 Å². The third-order valence-corrected chi connectivity index (χ3v) is 2.24. The van der Waals surface area contributed by atoms with Gasteiger partial charge in [0, 0.05) is 0 Å². The second kappa shape index (κ2) is 3.24. The molecule has 1 aromatic carbocycles. The third kappa shape index (κ3) is 1.50. The van der Waals surface area contributed by atoms with Crippen molar-refractivity contribution in [1.29, 1.82) is 0 Å². The Morgan fingerprint density at radius 1 is 1.20 bits per heavy atom. The molecule has 1 N–H and O–H groups in total. The number of nitrogens with one attached hydrogen (secondary N) is 1. The summed E-state index contributed by atoms with van der Waals surface area (Å²) in [6, 6.07) is 7.28. The van der Waals surface area contributed by atoms with Crippen molar-refractivity contribution in [3.63, 3.8) is 0 Å². The number of anilines is 1. The molecule has 0 aliphatic carbocycles. The van der Waals surface area contributed by atoms with E-state index in [0.717, 1.165) is 5.56 Å². The van der Waals surface area contributed by atoms with Gasteiger partial charge in [0.05, 0.1) is 5.69 Å². The smallest absolute Gasteiger partial charge is 0.267 e. The quantitative estimate of drug-likeness (QED) is 0.544. The number of hydrazine groups is 1. The van der Waals surface area contributed by atoms with E-state index in [1.165, 1.54) is 5.01 Å². The standard InChI is InChI=1S/C11H10N2O2/c1-7-3-5-9(6-4-7)13-11(15)8(2)10(14)12-13/h3-6H,2H2,1H3,(H,12,14). The highest BCUT2D eigenvalue weighted by atomic mass is 16.2. The molecule has 0 spiro atoms. The molecule has 0 atom stereocenters. The zero-order chi connectivity index (χ0) is 11.0. The number of carbonyl (C=O) groups is 2. The molecular formula is C11H10N2O2. The molecule has 4 nitrogen and oxygen atoms in total. The van der Waals surface area contributed by atoms with Gasteiger partial charge in [-0.2, -0.15) is 0 Å². The average molecular weight is 202 g/mol. The molecular weight excluding hydrogens is 192 g/mol. The normalized spacial score (nSPS) is 15.8. The number of aryl methyl sites for hydroxylation is 1. The number of hydrogen-bond donors (Lipinski definition) is 1. The molecule has 4 heteroatoms. The molecule has 76 valence electrons. The molecule has 1 aliphatic heterocycles. The Morgan fingerprint density at radius 3 is 2.27 bits per heavy atom. The number of carbonyl (C=O) groups excluding carboxylic acids is 2. The Kier molecular flexibility index (Phi) is 2.04. The van der Waals surface area contributed by atoms with E-state index in [4.69, 9.17) is 0 Å². The average Bonchev–Trinajstić information content (AvgIpc) is 2.47. The highest BCUT2D eigenvalue weighted by molar-refractivity contribution is 6.28. The van der Waals surface area contributed by atoms with E-state index in [0.29, 0.717) is 5.69 Å². The van der Waals surface area contributed by atoms with Crippen molar-refractivity contribution >= 4 is 17.5 Å². The van der Waals surface area contributed by atoms with Crippen LogP contribution in [0.25, 0.3) is 0 Å². The first-order chi connectivity index (χ1) is 7.09. The van der Waals surface area contributed by atoms with Gasteiger partial charge in [-0.05, 0) is 19.1 Å². The zero-order valence-corrected chi connectivity index (χ0v) is 8.28. The maximum Gasteiger partial charge on any atom is 0.282 e. The van der Waals surface area contributed by atoms with E-state index < -0.39 is 11.8 Å². The predicted octanol–water partition coefficient (Wildman–Crippen LogP) is 0.929. The highest BCUT2D eigenvalue weighted by Crippen LogP contribution is 2.18. The van der Waals surface area contributed by atoms with Crippen LogP contribution in [0.15, 0.2) is 36.4 Å². The van der Waals surface area contributed by atoms with Gasteiger partial charge in [-0.1, -0.05) is 24.3 Å². The topological polar surface area (TPSA) is 49.4 Å². The first kappa shape index (κ1) is 9.45. The predicted molar refractivity (Wildman–Crippen MR) is 55.9 cm³/mol. The Labute approximate surface area is 87.2 Å². The summed E-state index contributed by atoms with van der Waals surface area (Å²) in [4.78, 5) is 22.7. The molecule has 1 fully saturated rings. The van der Waals surface area contributed by atoms with Crippen LogP contribution in [0.3, 0.4) is 0 Å². The highest BCUT2D eigenvalue weighted by Gasteiger charge is 2.32. The maximum atomic E-state index is 11.5. The summed E-state index contributed by atoms with van der Waals surface area (Å²) in [5.41, 5.74) is 4.13. The van der Waals surface area contributed by atoms with Crippen LogP contribution in [-0.4, -0.2) is 11.8 Å². The van der Waals surface area contributed by atoms with E-state index in [2.05, 4.69) is 12.0 Å². The summed E-state index contributed by atoms with van der Waals surface area (Å²) >= 11 is 0. The van der Waals surface area contributed by atoms with Crippen LogP contribution in [-0.2, 0) is 9.59 Å². The zero-order valence-electron chi connectivity index (χ0n) is 8.28. The number of rotatable bonds is 1. The largest absolute Gasteiger partial charge is 0.282 e. The van der Waals surface area contributed by atoms with Crippen molar-refractivity contribution < 1.29 is 9.59 Å². The SMILES string of the molecule is C=C1C(=O)NN(c2ccc(C)cc2)C1=O. The van der Waals surface area contributed by atoms with Gasteiger partial charge < -0.3 is 0 Å². The molecule has 0 radical (unpaired) electrons. The second-order valence-corrected chi connectivity index (χ2v) is 3.40. The summed E-state index contributed by atoms with van der Waals surface area (Å²) in [5, 5.41) is 1.20. The van der Waals surface area contributed by atoms with Gasteiger partial charge in [-0.25, -0.2) is 5.01 Å².